The molecule has 2 unspecified atom stereocenters. The summed E-state index contributed by atoms with van der Waals surface area (Å²) < 4.78 is 6.01. The van der Waals surface area contributed by atoms with Gasteiger partial charge in [-0.3, -0.25) is 0 Å². The molecule has 1 fully saturated rings. The van der Waals surface area contributed by atoms with Gasteiger partial charge in [0, 0.05) is 12.5 Å². The van der Waals surface area contributed by atoms with Gasteiger partial charge in [0.05, 0.1) is 17.3 Å². The third-order valence-electron chi connectivity index (χ3n) is 4.11. The van der Waals surface area contributed by atoms with Gasteiger partial charge < -0.3 is 14.7 Å². The molecule has 1 N–H and O–H groups in total. The molecule has 0 bridgehead atoms. The summed E-state index contributed by atoms with van der Waals surface area (Å²) in [6.07, 6.45) is 0.804. The molecule has 0 radical (unpaired) electrons. The lowest BCUT2D eigenvalue weighted by molar-refractivity contribution is -0.0912. The molecule has 108 valence electrons. The van der Waals surface area contributed by atoms with Crippen molar-refractivity contribution < 1.29 is 9.84 Å². The van der Waals surface area contributed by atoms with Crippen LogP contribution in [-0.4, -0.2) is 47.4 Å². The first-order valence-electron chi connectivity index (χ1n) is 7.13. The Bertz CT molecular complexity index is 274. The maximum absolute atomic E-state index is 10.4. The van der Waals surface area contributed by atoms with Crippen LogP contribution in [0.1, 0.15) is 48.0 Å². The fourth-order valence-electron chi connectivity index (χ4n) is 2.90. The second-order valence-corrected chi connectivity index (χ2v) is 7.31. The average Bonchev–Trinajstić information content (AvgIpc) is 2.33. The van der Waals surface area contributed by atoms with Gasteiger partial charge >= 0.3 is 0 Å². The van der Waals surface area contributed by atoms with Crippen molar-refractivity contribution in [1.82, 2.24) is 4.90 Å². The minimum Gasteiger partial charge on any atom is -0.390 e. The van der Waals surface area contributed by atoms with E-state index in [4.69, 9.17) is 4.74 Å². The van der Waals surface area contributed by atoms with Crippen LogP contribution in [0.25, 0.3) is 0 Å². The van der Waals surface area contributed by atoms with Gasteiger partial charge in [0.2, 0.25) is 0 Å². The molecule has 0 saturated carbocycles. The maximum Gasteiger partial charge on any atom is 0.0896 e. The van der Waals surface area contributed by atoms with Gasteiger partial charge in [-0.25, -0.2) is 0 Å². The minimum atomic E-state index is -0.437. The standard InChI is InChI=1S/C15H31NO2/c1-11(2)8-9-16(7)10-12-13(17)15(5,6)18-14(12,3)4/h11-13,17H,8-10H2,1-7H3. The first-order chi connectivity index (χ1) is 8.06. The molecule has 1 heterocycles. The number of ether oxygens (including phenoxy) is 1. The van der Waals surface area contributed by atoms with Crippen LogP contribution >= 0.6 is 0 Å². The zero-order valence-corrected chi connectivity index (χ0v) is 13.2. The third kappa shape index (κ3) is 3.69. The predicted molar refractivity (Wildman–Crippen MR) is 75.7 cm³/mol. The summed E-state index contributed by atoms with van der Waals surface area (Å²) in [5, 5.41) is 10.4. The monoisotopic (exact) mass is 257 g/mol. The van der Waals surface area contributed by atoms with Crippen molar-refractivity contribution in [3.63, 3.8) is 0 Å². The molecule has 3 nitrogen and oxygen atoms in total. The van der Waals surface area contributed by atoms with Gasteiger partial charge in [-0.15, -0.1) is 0 Å². The molecular formula is C15H31NO2. The van der Waals surface area contributed by atoms with E-state index in [2.05, 4.69) is 39.6 Å². The average molecular weight is 257 g/mol. The van der Waals surface area contributed by atoms with Gasteiger partial charge in [-0.05, 0) is 53.6 Å². The summed E-state index contributed by atoms with van der Waals surface area (Å²) in [5.74, 6) is 0.895. The first-order valence-corrected chi connectivity index (χ1v) is 7.13. The molecular weight excluding hydrogens is 226 g/mol. The second-order valence-electron chi connectivity index (χ2n) is 7.31. The minimum absolute atomic E-state index is 0.171. The molecule has 0 spiro atoms. The molecule has 0 aromatic heterocycles. The van der Waals surface area contributed by atoms with Crippen LogP contribution < -0.4 is 0 Å². The molecule has 1 rings (SSSR count). The number of hydrogen-bond acceptors (Lipinski definition) is 3. The Balaban J connectivity index is 2.60. The van der Waals surface area contributed by atoms with Crippen molar-refractivity contribution in [3.8, 4) is 0 Å². The lowest BCUT2D eigenvalue weighted by Crippen LogP contribution is -2.42. The normalized spacial score (nSPS) is 30.3. The Labute approximate surface area is 113 Å². The van der Waals surface area contributed by atoms with E-state index in [9.17, 15) is 5.11 Å². The van der Waals surface area contributed by atoms with E-state index < -0.39 is 11.7 Å². The van der Waals surface area contributed by atoms with Crippen molar-refractivity contribution in [2.75, 3.05) is 20.1 Å². The Morgan fingerprint density at radius 1 is 1.17 bits per heavy atom. The molecule has 2 atom stereocenters. The Morgan fingerprint density at radius 2 is 1.72 bits per heavy atom. The first kappa shape index (κ1) is 15.9. The molecule has 1 aliphatic rings. The largest absolute Gasteiger partial charge is 0.390 e. The summed E-state index contributed by atoms with van der Waals surface area (Å²) in [6, 6.07) is 0. The second kappa shape index (κ2) is 5.48. The lowest BCUT2D eigenvalue weighted by Gasteiger charge is -2.31. The smallest absolute Gasteiger partial charge is 0.0896 e. The molecule has 3 heteroatoms. The van der Waals surface area contributed by atoms with E-state index in [1.165, 1.54) is 6.42 Å². The Morgan fingerprint density at radius 3 is 2.11 bits per heavy atom. The topological polar surface area (TPSA) is 32.7 Å². The summed E-state index contributed by atoms with van der Waals surface area (Å²) in [4.78, 5) is 2.32. The zero-order chi connectivity index (χ0) is 14.1. The molecule has 0 aromatic carbocycles. The maximum atomic E-state index is 10.4. The highest BCUT2D eigenvalue weighted by Gasteiger charge is 2.53. The highest BCUT2D eigenvalue weighted by atomic mass is 16.5. The molecule has 1 saturated heterocycles. The van der Waals surface area contributed by atoms with E-state index in [0.717, 1.165) is 19.0 Å². The van der Waals surface area contributed by atoms with Crippen molar-refractivity contribution in [1.29, 1.82) is 0 Å². The van der Waals surface area contributed by atoms with E-state index in [1.807, 2.05) is 13.8 Å². The quantitative estimate of drug-likeness (QED) is 0.821. The fourth-order valence-corrected chi connectivity index (χ4v) is 2.90. The molecule has 18 heavy (non-hydrogen) atoms. The summed E-state index contributed by atoms with van der Waals surface area (Å²) in [7, 11) is 2.14. The highest BCUT2D eigenvalue weighted by molar-refractivity contribution is 5.02. The van der Waals surface area contributed by atoms with Gasteiger partial charge in [0.1, 0.15) is 0 Å². The summed E-state index contributed by atoms with van der Waals surface area (Å²) in [6.45, 7) is 14.6. The molecule has 0 aromatic rings. The zero-order valence-electron chi connectivity index (χ0n) is 13.2. The van der Waals surface area contributed by atoms with Crippen LogP contribution in [0.2, 0.25) is 0 Å². The number of aliphatic hydroxyl groups is 1. The van der Waals surface area contributed by atoms with Crippen LogP contribution in [0.5, 0.6) is 0 Å². The highest BCUT2D eigenvalue weighted by Crippen LogP contribution is 2.42. The number of nitrogens with zero attached hydrogens (tertiary/aromatic N) is 1. The number of aliphatic hydroxyl groups excluding tert-OH is 1. The van der Waals surface area contributed by atoms with Crippen LogP contribution in [0.15, 0.2) is 0 Å². The molecule has 0 amide bonds. The summed E-state index contributed by atoms with van der Waals surface area (Å²) >= 11 is 0. The van der Waals surface area contributed by atoms with Crippen molar-refractivity contribution in [3.05, 3.63) is 0 Å². The number of rotatable bonds is 5. The fraction of sp³-hybridized carbons (Fsp3) is 1.00. The molecule has 0 aliphatic carbocycles. The van der Waals surface area contributed by atoms with Crippen LogP contribution in [0.4, 0.5) is 0 Å². The van der Waals surface area contributed by atoms with E-state index in [-0.39, 0.29) is 11.5 Å². The Hall–Kier alpha value is -0.120. The van der Waals surface area contributed by atoms with Crippen molar-refractivity contribution >= 4 is 0 Å². The third-order valence-corrected chi connectivity index (χ3v) is 4.11. The number of hydrogen-bond donors (Lipinski definition) is 1. The van der Waals surface area contributed by atoms with Crippen LogP contribution in [0.3, 0.4) is 0 Å². The van der Waals surface area contributed by atoms with E-state index in [0.29, 0.717) is 0 Å². The van der Waals surface area contributed by atoms with Crippen LogP contribution in [-0.2, 0) is 4.74 Å². The van der Waals surface area contributed by atoms with Crippen molar-refractivity contribution in [2.24, 2.45) is 11.8 Å². The van der Waals surface area contributed by atoms with Gasteiger partial charge in [0.15, 0.2) is 0 Å². The predicted octanol–water partition coefficient (Wildman–Crippen LogP) is 2.53. The SMILES string of the molecule is CC(C)CCN(C)CC1C(O)C(C)(C)OC1(C)C. The summed E-state index contributed by atoms with van der Waals surface area (Å²) in [5.41, 5.74) is -0.692. The Kier molecular flexibility index (Phi) is 4.85. The van der Waals surface area contributed by atoms with Crippen LogP contribution in [0, 0.1) is 11.8 Å². The van der Waals surface area contributed by atoms with Gasteiger partial charge in [0.25, 0.3) is 0 Å². The molecule has 1 aliphatic heterocycles. The van der Waals surface area contributed by atoms with Gasteiger partial charge in [-0.1, -0.05) is 13.8 Å². The van der Waals surface area contributed by atoms with Crippen molar-refractivity contribution in [2.45, 2.75) is 65.3 Å². The van der Waals surface area contributed by atoms with E-state index >= 15 is 0 Å². The van der Waals surface area contributed by atoms with Gasteiger partial charge in [-0.2, -0.15) is 0 Å². The van der Waals surface area contributed by atoms with E-state index in [1.54, 1.807) is 0 Å². The lowest BCUT2D eigenvalue weighted by atomic mass is 9.84.